The first-order valence-corrected chi connectivity index (χ1v) is 7.41. The number of hydrogen-bond donors (Lipinski definition) is 2. The Bertz CT molecular complexity index is 851. The van der Waals surface area contributed by atoms with Crippen molar-refractivity contribution in [2.75, 3.05) is 0 Å². The third-order valence-corrected chi connectivity index (χ3v) is 3.63. The highest BCUT2D eigenvalue weighted by Crippen LogP contribution is 2.19. The molecule has 2 N–H and O–H groups in total. The van der Waals surface area contributed by atoms with Crippen LogP contribution >= 0.6 is 11.3 Å². The van der Waals surface area contributed by atoms with Crippen molar-refractivity contribution in [2.45, 2.75) is 13.5 Å². The van der Waals surface area contributed by atoms with E-state index in [-0.39, 0.29) is 12.1 Å². The molecular formula is C14H12N4O3S. The molecule has 3 aromatic heterocycles. The van der Waals surface area contributed by atoms with E-state index in [0.717, 1.165) is 5.56 Å². The molecule has 22 heavy (non-hydrogen) atoms. The number of H-pyrrole nitrogens is 1. The smallest absolute Gasteiger partial charge is 0.260 e. The van der Waals surface area contributed by atoms with E-state index < -0.39 is 11.5 Å². The van der Waals surface area contributed by atoms with E-state index in [9.17, 15) is 9.59 Å². The highest BCUT2D eigenvalue weighted by atomic mass is 32.1. The Morgan fingerprint density at radius 1 is 1.41 bits per heavy atom. The molecule has 0 saturated heterocycles. The molecule has 8 heteroatoms. The normalized spacial score (nSPS) is 10.6. The summed E-state index contributed by atoms with van der Waals surface area (Å²) in [6, 6.07) is 5.02. The molecule has 0 aromatic carbocycles. The van der Waals surface area contributed by atoms with Gasteiger partial charge in [-0.3, -0.25) is 9.59 Å². The molecule has 0 fully saturated rings. The minimum atomic E-state index is -0.483. The summed E-state index contributed by atoms with van der Waals surface area (Å²) in [5.74, 6) is 0.264. The Labute approximate surface area is 129 Å². The lowest BCUT2D eigenvalue weighted by Gasteiger charge is -2.02. The summed E-state index contributed by atoms with van der Waals surface area (Å²) >= 11 is 1.53. The van der Waals surface area contributed by atoms with Crippen molar-refractivity contribution in [3.63, 3.8) is 0 Å². The molecule has 0 saturated carbocycles. The first-order chi connectivity index (χ1) is 10.6. The molecule has 0 aliphatic rings. The molecule has 0 bridgehead atoms. The van der Waals surface area contributed by atoms with Gasteiger partial charge in [0.15, 0.2) is 5.82 Å². The van der Waals surface area contributed by atoms with Crippen LogP contribution in [0.25, 0.3) is 11.5 Å². The minimum Gasteiger partial charge on any atom is -0.344 e. The third-order valence-electron chi connectivity index (χ3n) is 2.94. The fraction of sp³-hybridized carbons (Fsp3) is 0.143. The molecule has 0 aliphatic heterocycles. The Morgan fingerprint density at radius 2 is 2.27 bits per heavy atom. The molecule has 0 atom stereocenters. The van der Waals surface area contributed by atoms with Crippen LogP contribution in [-0.2, 0) is 6.54 Å². The summed E-state index contributed by atoms with van der Waals surface area (Å²) in [4.78, 5) is 30.4. The molecule has 0 spiro atoms. The van der Waals surface area contributed by atoms with Crippen molar-refractivity contribution >= 4 is 17.2 Å². The van der Waals surface area contributed by atoms with Crippen LogP contribution in [0.1, 0.15) is 21.9 Å². The number of aryl methyl sites for hydroxylation is 1. The van der Waals surface area contributed by atoms with Crippen LogP contribution in [0, 0.1) is 6.92 Å². The maximum atomic E-state index is 12.0. The van der Waals surface area contributed by atoms with Crippen LogP contribution in [0.2, 0.25) is 0 Å². The number of nitrogens with one attached hydrogen (secondary N) is 2. The highest BCUT2D eigenvalue weighted by Gasteiger charge is 2.13. The maximum absolute atomic E-state index is 12.0. The van der Waals surface area contributed by atoms with Crippen LogP contribution in [0.4, 0.5) is 0 Å². The first kappa shape index (κ1) is 14.2. The Balaban J connectivity index is 1.67. The van der Waals surface area contributed by atoms with E-state index in [2.05, 4.69) is 20.4 Å². The number of carbonyl (C=O) groups excluding carboxylic acids is 1. The van der Waals surface area contributed by atoms with Crippen molar-refractivity contribution in [1.29, 1.82) is 0 Å². The van der Waals surface area contributed by atoms with Gasteiger partial charge in [-0.1, -0.05) is 5.16 Å². The summed E-state index contributed by atoms with van der Waals surface area (Å²) in [6.45, 7) is 1.83. The number of aromatic amines is 1. The van der Waals surface area contributed by atoms with E-state index in [4.69, 9.17) is 4.52 Å². The van der Waals surface area contributed by atoms with Gasteiger partial charge in [-0.2, -0.15) is 16.3 Å². The monoisotopic (exact) mass is 316 g/mol. The van der Waals surface area contributed by atoms with Crippen molar-refractivity contribution in [3.8, 4) is 11.5 Å². The van der Waals surface area contributed by atoms with Gasteiger partial charge in [-0.05, 0) is 30.5 Å². The molecule has 3 heterocycles. The maximum Gasteiger partial charge on any atom is 0.260 e. The number of aromatic nitrogens is 3. The zero-order valence-electron chi connectivity index (χ0n) is 11.6. The number of pyridine rings is 1. The standard InChI is InChI=1S/C14H12N4O3S/c1-8-2-3-10(13(20)16-8)12(19)15-6-11-17-14(21-18-11)9-4-5-22-7-9/h2-5,7H,6H2,1H3,(H,15,19)(H,16,20). The van der Waals surface area contributed by atoms with Crippen molar-refractivity contribution < 1.29 is 9.32 Å². The average molecular weight is 316 g/mol. The third kappa shape index (κ3) is 2.96. The molecule has 1 amide bonds. The molecule has 0 radical (unpaired) electrons. The van der Waals surface area contributed by atoms with Gasteiger partial charge >= 0.3 is 0 Å². The van der Waals surface area contributed by atoms with Gasteiger partial charge in [0.25, 0.3) is 17.4 Å². The Kier molecular flexibility index (Phi) is 3.84. The lowest BCUT2D eigenvalue weighted by atomic mass is 10.2. The molecule has 3 aromatic rings. The summed E-state index contributed by atoms with van der Waals surface area (Å²) in [5, 5.41) is 10.2. The van der Waals surface area contributed by atoms with Gasteiger partial charge < -0.3 is 14.8 Å². The summed E-state index contributed by atoms with van der Waals surface area (Å²) in [6.07, 6.45) is 0. The second-order valence-corrected chi connectivity index (χ2v) is 5.37. The van der Waals surface area contributed by atoms with Gasteiger partial charge in [0, 0.05) is 11.1 Å². The Morgan fingerprint density at radius 3 is 3.00 bits per heavy atom. The summed E-state index contributed by atoms with van der Waals surface area (Å²) in [7, 11) is 0. The fourth-order valence-electron chi connectivity index (χ4n) is 1.83. The molecule has 112 valence electrons. The summed E-state index contributed by atoms with van der Waals surface area (Å²) < 4.78 is 5.11. The van der Waals surface area contributed by atoms with E-state index in [1.165, 1.54) is 17.4 Å². The summed E-state index contributed by atoms with van der Waals surface area (Å²) in [5.41, 5.74) is 1.15. The number of nitrogens with zero attached hydrogens (tertiary/aromatic N) is 2. The molecule has 0 unspecified atom stereocenters. The highest BCUT2D eigenvalue weighted by molar-refractivity contribution is 7.08. The van der Waals surface area contributed by atoms with Gasteiger partial charge in [0.2, 0.25) is 0 Å². The first-order valence-electron chi connectivity index (χ1n) is 6.47. The molecule has 7 nitrogen and oxygen atoms in total. The topological polar surface area (TPSA) is 101 Å². The number of carbonyl (C=O) groups is 1. The van der Waals surface area contributed by atoms with Crippen LogP contribution in [0.15, 0.2) is 38.3 Å². The number of amides is 1. The fourth-order valence-corrected chi connectivity index (χ4v) is 2.46. The van der Waals surface area contributed by atoms with Crippen molar-refractivity contribution in [3.05, 3.63) is 56.4 Å². The second-order valence-electron chi connectivity index (χ2n) is 4.59. The van der Waals surface area contributed by atoms with E-state index in [0.29, 0.717) is 17.4 Å². The molecular weight excluding hydrogens is 304 g/mol. The van der Waals surface area contributed by atoms with Crippen LogP contribution in [0.3, 0.4) is 0 Å². The lowest BCUT2D eigenvalue weighted by molar-refractivity contribution is 0.0948. The second kappa shape index (κ2) is 5.94. The van der Waals surface area contributed by atoms with Gasteiger partial charge in [0.1, 0.15) is 5.56 Å². The molecule has 3 rings (SSSR count). The van der Waals surface area contributed by atoms with E-state index in [1.807, 2.05) is 16.8 Å². The van der Waals surface area contributed by atoms with Crippen molar-refractivity contribution in [1.82, 2.24) is 20.4 Å². The Hall–Kier alpha value is -2.74. The number of hydrogen-bond acceptors (Lipinski definition) is 6. The lowest BCUT2D eigenvalue weighted by Crippen LogP contribution is -2.29. The quantitative estimate of drug-likeness (QED) is 0.763. The number of rotatable bonds is 4. The predicted octanol–water partition coefficient (Wildman–Crippen LogP) is 1.72. The number of thiophene rings is 1. The largest absolute Gasteiger partial charge is 0.344 e. The van der Waals surface area contributed by atoms with E-state index >= 15 is 0 Å². The minimum absolute atomic E-state index is 0.0483. The SMILES string of the molecule is Cc1ccc(C(=O)NCc2noc(-c3ccsc3)n2)c(=O)[nH]1. The van der Waals surface area contributed by atoms with Crippen LogP contribution in [-0.4, -0.2) is 21.0 Å². The van der Waals surface area contributed by atoms with Crippen molar-refractivity contribution in [2.24, 2.45) is 0 Å². The predicted molar refractivity (Wildman–Crippen MR) is 80.6 cm³/mol. The van der Waals surface area contributed by atoms with Gasteiger partial charge in [0.05, 0.1) is 12.1 Å². The average Bonchev–Trinajstić information content (AvgIpc) is 3.16. The van der Waals surface area contributed by atoms with Crippen LogP contribution < -0.4 is 10.9 Å². The van der Waals surface area contributed by atoms with E-state index in [1.54, 1.807) is 13.0 Å². The van der Waals surface area contributed by atoms with Crippen LogP contribution in [0.5, 0.6) is 0 Å². The zero-order valence-corrected chi connectivity index (χ0v) is 12.4. The van der Waals surface area contributed by atoms with Gasteiger partial charge in [-0.25, -0.2) is 0 Å². The molecule has 0 aliphatic carbocycles. The zero-order chi connectivity index (χ0) is 15.5. The van der Waals surface area contributed by atoms with Gasteiger partial charge in [-0.15, -0.1) is 0 Å².